The SMILES string of the molecule is CCCCCOc1ccc(/C=C/C(=O)Oc2ccc(Cl)c(C)c2)cc1OC. The van der Waals surface area contributed by atoms with E-state index in [2.05, 4.69) is 6.92 Å². The van der Waals surface area contributed by atoms with Crippen LogP contribution in [-0.4, -0.2) is 19.7 Å². The van der Waals surface area contributed by atoms with E-state index in [4.69, 9.17) is 25.8 Å². The van der Waals surface area contributed by atoms with E-state index in [0.717, 1.165) is 30.4 Å². The van der Waals surface area contributed by atoms with Gasteiger partial charge in [0.25, 0.3) is 0 Å². The monoisotopic (exact) mass is 388 g/mol. The highest BCUT2D eigenvalue weighted by molar-refractivity contribution is 6.31. The van der Waals surface area contributed by atoms with Crippen molar-refractivity contribution in [2.45, 2.75) is 33.1 Å². The van der Waals surface area contributed by atoms with E-state index in [1.54, 1.807) is 31.4 Å². The van der Waals surface area contributed by atoms with Crippen LogP contribution in [0.4, 0.5) is 0 Å². The molecule has 0 N–H and O–H groups in total. The van der Waals surface area contributed by atoms with Gasteiger partial charge in [-0.3, -0.25) is 0 Å². The highest BCUT2D eigenvalue weighted by Crippen LogP contribution is 2.29. The lowest BCUT2D eigenvalue weighted by atomic mass is 10.2. The standard InChI is InChI=1S/C22H25ClO4/c1-4-5-6-13-26-20-11-7-17(15-21(20)25-3)8-12-22(24)27-18-9-10-19(23)16(2)14-18/h7-12,14-15H,4-6,13H2,1-3H3/b12-8+. The molecule has 0 aliphatic rings. The van der Waals surface area contributed by atoms with Crippen LogP contribution in [-0.2, 0) is 4.79 Å². The number of carbonyl (C=O) groups excluding carboxylic acids is 1. The van der Waals surface area contributed by atoms with E-state index in [-0.39, 0.29) is 0 Å². The Labute approximate surface area is 165 Å². The molecule has 0 aliphatic carbocycles. The lowest BCUT2D eigenvalue weighted by molar-refractivity contribution is -0.128. The van der Waals surface area contributed by atoms with Crippen LogP contribution in [0.15, 0.2) is 42.5 Å². The van der Waals surface area contributed by atoms with Gasteiger partial charge in [0, 0.05) is 11.1 Å². The average molecular weight is 389 g/mol. The number of benzene rings is 2. The summed E-state index contributed by atoms with van der Waals surface area (Å²) in [5, 5.41) is 0.634. The second-order valence-electron chi connectivity index (χ2n) is 6.13. The molecule has 0 radical (unpaired) electrons. The van der Waals surface area contributed by atoms with Crippen molar-refractivity contribution >= 4 is 23.6 Å². The van der Waals surface area contributed by atoms with Crippen LogP contribution in [0.2, 0.25) is 5.02 Å². The third-order valence-electron chi connectivity index (χ3n) is 3.95. The van der Waals surface area contributed by atoms with Crippen molar-refractivity contribution < 1.29 is 19.0 Å². The number of hydrogen-bond acceptors (Lipinski definition) is 4. The van der Waals surface area contributed by atoms with Crippen molar-refractivity contribution in [3.8, 4) is 17.2 Å². The van der Waals surface area contributed by atoms with Gasteiger partial charge in [-0.1, -0.05) is 37.4 Å². The Morgan fingerprint density at radius 2 is 1.93 bits per heavy atom. The minimum Gasteiger partial charge on any atom is -0.493 e. The number of esters is 1. The summed E-state index contributed by atoms with van der Waals surface area (Å²) in [6, 6.07) is 10.6. The van der Waals surface area contributed by atoms with Crippen molar-refractivity contribution in [3.05, 3.63) is 58.6 Å². The van der Waals surface area contributed by atoms with Gasteiger partial charge in [-0.2, -0.15) is 0 Å². The third-order valence-corrected chi connectivity index (χ3v) is 4.38. The first-order valence-corrected chi connectivity index (χ1v) is 9.38. The summed E-state index contributed by atoms with van der Waals surface area (Å²) in [6.07, 6.45) is 6.35. The molecule has 0 aromatic heterocycles. The minimum atomic E-state index is -0.462. The number of aryl methyl sites for hydroxylation is 1. The van der Waals surface area contributed by atoms with Crippen molar-refractivity contribution in [2.24, 2.45) is 0 Å². The van der Waals surface area contributed by atoms with Gasteiger partial charge >= 0.3 is 5.97 Å². The van der Waals surface area contributed by atoms with E-state index >= 15 is 0 Å². The third kappa shape index (κ3) is 6.65. The van der Waals surface area contributed by atoms with Gasteiger partial charge in [-0.25, -0.2) is 4.79 Å². The zero-order valence-corrected chi connectivity index (χ0v) is 16.7. The van der Waals surface area contributed by atoms with Gasteiger partial charge in [-0.15, -0.1) is 0 Å². The first kappa shape index (κ1) is 20.8. The van der Waals surface area contributed by atoms with Crippen molar-refractivity contribution in [3.63, 3.8) is 0 Å². The first-order chi connectivity index (χ1) is 13.0. The molecule has 2 aromatic rings. The number of methoxy groups -OCH3 is 1. The molecule has 0 spiro atoms. The largest absolute Gasteiger partial charge is 0.493 e. The minimum absolute atomic E-state index is 0.458. The van der Waals surface area contributed by atoms with Crippen molar-refractivity contribution in [1.82, 2.24) is 0 Å². The van der Waals surface area contributed by atoms with Gasteiger partial charge in [-0.05, 0) is 60.9 Å². The predicted molar refractivity (Wildman–Crippen MR) is 109 cm³/mol. The van der Waals surface area contributed by atoms with Crippen LogP contribution >= 0.6 is 11.6 Å². The van der Waals surface area contributed by atoms with Crippen LogP contribution in [0.25, 0.3) is 6.08 Å². The van der Waals surface area contributed by atoms with Crippen LogP contribution in [0.1, 0.15) is 37.3 Å². The first-order valence-electron chi connectivity index (χ1n) is 9.00. The maximum atomic E-state index is 12.0. The molecular weight excluding hydrogens is 364 g/mol. The fraction of sp³-hybridized carbons (Fsp3) is 0.318. The normalized spacial score (nSPS) is 10.8. The molecule has 144 valence electrons. The van der Waals surface area contributed by atoms with Gasteiger partial charge in [0.1, 0.15) is 5.75 Å². The lowest BCUT2D eigenvalue weighted by Gasteiger charge is -2.11. The second-order valence-corrected chi connectivity index (χ2v) is 6.54. The highest BCUT2D eigenvalue weighted by atomic mass is 35.5. The van der Waals surface area contributed by atoms with Crippen LogP contribution in [0, 0.1) is 6.92 Å². The van der Waals surface area contributed by atoms with E-state index in [1.807, 2.05) is 25.1 Å². The average Bonchev–Trinajstić information content (AvgIpc) is 2.67. The van der Waals surface area contributed by atoms with Gasteiger partial charge in [0.05, 0.1) is 13.7 Å². The molecule has 0 atom stereocenters. The van der Waals surface area contributed by atoms with Crippen molar-refractivity contribution in [2.75, 3.05) is 13.7 Å². The molecule has 0 saturated carbocycles. The topological polar surface area (TPSA) is 44.8 Å². The smallest absolute Gasteiger partial charge is 0.336 e. The van der Waals surface area contributed by atoms with Gasteiger partial charge < -0.3 is 14.2 Å². The quantitative estimate of drug-likeness (QED) is 0.234. The molecule has 0 amide bonds. The van der Waals surface area contributed by atoms with E-state index in [0.29, 0.717) is 28.9 Å². The molecule has 5 heteroatoms. The molecule has 2 rings (SSSR count). The number of unbranched alkanes of at least 4 members (excludes halogenated alkanes) is 2. The number of hydrogen-bond donors (Lipinski definition) is 0. The maximum absolute atomic E-state index is 12.0. The number of halogens is 1. The number of rotatable bonds is 9. The summed E-state index contributed by atoms with van der Waals surface area (Å²) in [5.74, 6) is 1.33. The van der Waals surface area contributed by atoms with Gasteiger partial charge in [0.15, 0.2) is 11.5 Å². The predicted octanol–water partition coefficient (Wildman–Crippen LogP) is 5.84. The summed E-state index contributed by atoms with van der Waals surface area (Å²) in [4.78, 5) is 12.0. The summed E-state index contributed by atoms with van der Waals surface area (Å²) >= 11 is 5.97. The Morgan fingerprint density at radius 3 is 2.63 bits per heavy atom. The molecule has 0 unspecified atom stereocenters. The molecular formula is C22H25ClO4. The fourth-order valence-corrected chi connectivity index (χ4v) is 2.55. The number of ether oxygens (including phenoxy) is 3. The Balaban J connectivity index is 1.98. The molecule has 0 fully saturated rings. The lowest BCUT2D eigenvalue weighted by Crippen LogP contribution is -2.03. The molecule has 27 heavy (non-hydrogen) atoms. The maximum Gasteiger partial charge on any atom is 0.336 e. The molecule has 2 aromatic carbocycles. The molecule has 0 aliphatic heterocycles. The van der Waals surface area contributed by atoms with Crippen LogP contribution in [0.3, 0.4) is 0 Å². The fourth-order valence-electron chi connectivity index (χ4n) is 2.44. The highest BCUT2D eigenvalue weighted by Gasteiger charge is 2.06. The second kappa shape index (κ2) is 10.6. The molecule has 0 saturated heterocycles. The van der Waals surface area contributed by atoms with Crippen LogP contribution < -0.4 is 14.2 Å². The Hall–Kier alpha value is -2.46. The van der Waals surface area contributed by atoms with E-state index in [9.17, 15) is 4.79 Å². The van der Waals surface area contributed by atoms with Crippen LogP contribution in [0.5, 0.6) is 17.2 Å². The summed E-state index contributed by atoms with van der Waals surface area (Å²) in [7, 11) is 1.60. The van der Waals surface area contributed by atoms with E-state index < -0.39 is 5.97 Å². The van der Waals surface area contributed by atoms with Gasteiger partial charge in [0.2, 0.25) is 0 Å². The van der Waals surface area contributed by atoms with Crippen molar-refractivity contribution in [1.29, 1.82) is 0 Å². The Morgan fingerprint density at radius 1 is 1.11 bits per heavy atom. The molecule has 0 heterocycles. The Bertz CT molecular complexity index is 799. The zero-order chi connectivity index (χ0) is 19.6. The van der Waals surface area contributed by atoms with E-state index in [1.165, 1.54) is 6.08 Å². The molecule has 0 bridgehead atoms. The summed E-state index contributed by atoms with van der Waals surface area (Å²) < 4.78 is 16.4. The summed E-state index contributed by atoms with van der Waals surface area (Å²) in [5.41, 5.74) is 1.67. The zero-order valence-electron chi connectivity index (χ0n) is 16.0. The number of carbonyl (C=O) groups is 1. The summed E-state index contributed by atoms with van der Waals surface area (Å²) in [6.45, 7) is 4.67. The Kier molecular flexibility index (Phi) is 8.21. The molecule has 4 nitrogen and oxygen atoms in total.